The number of carbonyl (C=O) groups excluding carboxylic acids is 1. The van der Waals surface area contributed by atoms with E-state index < -0.39 is 0 Å². The third-order valence-electron chi connectivity index (χ3n) is 11.4. The van der Waals surface area contributed by atoms with E-state index in [1.165, 1.54) is 28.3 Å². The van der Waals surface area contributed by atoms with Gasteiger partial charge in [0.05, 0.1) is 8.50 Å². The minimum absolute atomic E-state index is 0. The molecule has 6 aromatic rings. The number of nitrogens with zero attached hydrogens (tertiary/aromatic N) is 2. The third-order valence-corrected chi connectivity index (χ3v) is 11.4. The Hall–Kier alpha value is -4.44. The van der Waals surface area contributed by atoms with Crippen LogP contribution in [0.5, 0.6) is 0 Å². The Bertz CT molecular complexity index is 2490. The van der Waals surface area contributed by atoms with E-state index in [-0.39, 0.29) is 48.9 Å². The standard InChI is InChI=1S/C23H26N.C20H20N.C13H24O2.Ir/c1-15(2)17-7-8-21-18(13-17)9-10-24-22(21)19-11-16(3)12-20(14-19)23(4,5)6;1-13(2)16-5-6-19-17(12-16)7-8-21-20(19)18-10-14(3)9-15(4)11-18;1-5-10(6-2)12(14)9-13(15)11(7-3)8-4;/h7-10,12-15H,1-6H3;5-10,12-13H,1-4H3;9-11,14H,5-8H2,1-4H3;/q2*-1;;/b;;12-9-;/i10D;8D;;. The number of hydrogen-bond acceptors (Lipinski definition) is 4. The Morgan fingerprint density at radius 3 is 1.52 bits per heavy atom. The maximum atomic E-state index is 11.7. The molecular formula is C56H70IrN2O2-2. The second-order valence-corrected chi connectivity index (χ2v) is 17.9. The molecule has 0 aliphatic rings. The molecule has 2 heterocycles. The number of aliphatic hydroxyl groups excluding tert-OH is 1. The molecule has 327 valence electrons. The van der Waals surface area contributed by atoms with Crippen LogP contribution in [0.2, 0.25) is 0 Å². The fourth-order valence-corrected chi connectivity index (χ4v) is 7.49. The van der Waals surface area contributed by atoms with Gasteiger partial charge in [-0.05, 0) is 99.1 Å². The van der Waals surface area contributed by atoms with Gasteiger partial charge in [0.2, 0.25) is 0 Å². The number of hydrogen-bond donors (Lipinski definition) is 1. The number of fused-ring (bicyclic) bond motifs is 2. The summed E-state index contributed by atoms with van der Waals surface area (Å²) in [5.41, 5.74) is 10.9. The van der Waals surface area contributed by atoms with Crippen molar-refractivity contribution < 1.29 is 32.7 Å². The summed E-state index contributed by atoms with van der Waals surface area (Å²) < 4.78 is 16.2. The molecule has 0 spiro atoms. The van der Waals surface area contributed by atoms with E-state index >= 15 is 0 Å². The van der Waals surface area contributed by atoms with Gasteiger partial charge in [-0.2, -0.15) is 0 Å². The van der Waals surface area contributed by atoms with E-state index in [0.29, 0.717) is 24.2 Å². The fraction of sp³-hybridized carbons (Fsp3) is 0.411. The number of rotatable bonds is 11. The maximum Gasteiger partial charge on any atom is 0.162 e. The van der Waals surface area contributed by atoms with Crippen LogP contribution in [0.15, 0.2) is 97.0 Å². The molecule has 5 heteroatoms. The van der Waals surface area contributed by atoms with Crippen molar-refractivity contribution >= 4 is 27.3 Å². The van der Waals surface area contributed by atoms with Crippen LogP contribution in [-0.4, -0.2) is 20.9 Å². The number of carbonyl (C=O) groups is 1. The Morgan fingerprint density at radius 2 is 1.11 bits per heavy atom. The van der Waals surface area contributed by atoms with Gasteiger partial charge < -0.3 is 15.1 Å². The molecule has 0 aliphatic heterocycles. The molecule has 1 radical (unpaired) electrons. The first-order valence-corrected chi connectivity index (χ1v) is 22.0. The van der Waals surface area contributed by atoms with Crippen molar-refractivity contribution in [1.82, 2.24) is 9.97 Å². The summed E-state index contributed by atoms with van der Waals surface area (Å²) in [5, 5.41) is 14.1. The zero-order chi connectivity index (χ0) is 46.1. The van der Waals surface area contributed by atoms with Crippen molar-refractivity contribution in [2.24, 2.45) is 11.8 Å². The molecule has 4 aromatic carbocycles. The molecule has 0 saturated heterocycles. The second-order valence-electron chi connectivity index (χ2n) is 17.9. The Morgan fingerprint density at radius 1 is 0.672 bits per heavy atom. The van der Waals surface area contributed by atoms with Gasteiger partial charge in [-0.1, -0.05) is 133 Å². The average molecular weight is 997 g/mol. The Kier molecular flexibility index (Phi) is 18.1. The first-order valence-electron chi connectivity index (χ1n) is 23.0. The average Bonchev–Trinajstić information content (AvgIpc) is 3.20. The van der Waals surface area contributed by atoms with Gasteiger partial charge in [-0.3, -0.25) is 4.79 Å². The first kappa shape index (κ1) is 47.6. The molecule has 1 N–H and O–H groups in total. The third kappa shape index (κ3) is 13.8. The van der Waals surface area contributed by atoms with E-state index in [4.69, 9.17) is 2.74 Å². The van der Waals surface area contributed by atoms with E-state index in [2.05, 4.69) is 145 Å². The predicted molar refractivity (Wildman–Crippen MR) is 257 cm³/mol. The van der Waals surface area contributed by atoms with Gasteiger partial charge in [-0.15, -0.1) is 69.8 Å². The van der Waals surface area contributed by atoms with Crippen molar-refractivity contribution in [2.75, 3.05) is 0 Å². The quantitative estimate of drug-likeness (QED) is 0.0798. The van der Waals surface area contributed by atoms with Crippen LogP contribution in [-0.2, 0) is 30.3 Å². The van der Waals surface area contributed by atoms with Crippen LogP contribution in [0.4, 0.5) is 0 Å². The van der Waals surface area contributed by atoms with Crippen LogP contribution >= 0.6 is 0 Å². The van der Waals surface area contributed by atoms with E-state index in [1.54, 1.807) is 0 Å². The molecular weight excluding hydrogens is 925 g/mol. The summed E-state index contributed by atoms with van der Waals surface area (Å²) in [6.07, 6.45) is 5.51. The van der Waals surface area contributed by atoms with Gasteiger partial charge in [-0.25, -0.2) is 0 Å². The van der Waals surface area contributed by atoms with Crippen LogP contribution in [0.1, 0.15) is 150 Å². The first-order chi connectivity index (χ1) is 29.2. The number of aliphatic hydroxyl groups is 1. The zero-order valence-electron chi connectivity index (χ0n) is 41.2. The van der Waals surface area contributed by atoms with Gasteiger partial charge in [0.25, 0.3) is 0 Å². The van der Waals surface area contributed by atoms with E-state index in [0.717, 1.165) is 80.9 Å². The van der Waals surface area contributed by atoms with Crippen molar-refractivity contribution in [1.29, 1.82) is 0 Å². The molecule has 0 atom stereocenters. The monoisotopic (exact) mass is 998 g/mol. The number of aryl methyl sites for hydroxylation is 3. The molecule has 0 unspecified atom stereocenters. The Labute approximate surface area is 384 Å². The summed E-state index contributed by atoms with van der Waals surface area (Å²) in [4.78, 5) is 20.7. The van der Waals surface area contributed by atoms with Crippen LogP contribution in [0.25, 0.3) is 44.1 Å². The predicted octanol–water partition coefficient (Wildman–Crippen LogP) is 15.7. The van der Waals surface area contributed by atoms with Crippen molar-refractivity contribution in [2.45, 2.75) is 140 Å². The van der Waals surface area contributed by atoms with Gasteiger partial charge in [0.1, 0.15) is 0 Å². The maximum absolute atomic E-state index is 11.7. The molecule has 61 heavy (non-hydrogen) atoms. The summed E-state index contributed by atoms with van der Waals surface area (Å²) in [6.45, 7) is 29.7. The second kappa shape index (κ2) is 23.1. The fourth-order valence-electron chi connectivity index (χ4n) is 7.49. The van der Waals surface area contributed by atoms with Crippen molar-refractivity contribution in [3.63, 3.8) is 0 Å². The Balaban J connectivity index is 0.000000258. The summed E-state index contributed by atoms with van der Waals surface area (Å²) >= 11 is 0. The van der Waals surface area contributed by atoms with Gasteiger partial charge in [0, 0.05) is 50.4 Å². The molecule has 0 amide bonds. The number of aromatic nitrogens is 2. The summed E-state index contributed by atoms with van der Waals surface area (Å²) in [7, 11) is 0. The largest absolute Gasteiger partial charge is 0.512 e. The number of ketones is 1. The minimum atomic E-state index is 0. The van der Waals surface area contributed by atoms with Crippen molar-refractivity contribution in [3.8, 4) is 22.5 Å². The molecule has 4 nitrogen and oxygen atoms in total. The van der Waals surface area contributed by atoms with Crippen LogP contribution in [0.3, 0.4) is 0 Å². The number of pyridine rings is 2. The molecule has 0 aliphatic carbocycles. The zero-order valence-corrected chi connectivity index (χ0v) is 41.6. The van der Waals surface area contributed by atoms with E-state index in [9.17, 15) is 9.90 Å². The molecule has 6 rings (SSSR count). The smallest absolute Gasteiger partial charge is 0.162 e. The van der Waals surface area contributed by atoms with Gasteiger partial charge >= 0.3 is 0 Å². The van der Waals surface area contributed by atoms with Crippen LogP contribution in [0, 0.1) is 44.7 Å². The molecule has 2 aromatic heterocycles. The van der Waals surface area contributed by atoms with Crippen molar-refractivity contribution in [3.05, 3.63) is 142 Å². The van der Waals surface area contributed by atoms with Gasteiger partial charge in [0.15, 0.2) is 5.78 Å². The normalized spacial score (nSPS) is 12.2. The molecule has 0 bridgehead atoms. The summed E-state index contributed by atoms with van der Waals surface area (Å²) in [5.74, 6) is 1.49. The van der Waals surface area contributed by atoms with Crippen LogP contribution < -0.4 is 0 Å². The summed E-state index contributed by atoms with van der Waals surface area (Å²) in [6, 6.07) is 32.0. The minimum Gasteiger partial charge on any atom is -0.512 e. The number of allylic oxidation sites excluding steroid dienone is 2. The molecule has 0 fully saturated rings. The van der Waals surface area contributed by atoms with E-state index in [1.807, 2.05) is 46.8 Å². The molecule has 0 saturated carbocycles. The topological polar surface area (TPSA) is 63.1 Å². The number of benzene rings is 4. The SMILES string of the molecule is CCC(CC)C(=O)/C=C(\O)C(CC)CC.[2H]c1cc2cc(C(C)C)ccc2c(-c2[c-]c(C)cc(C(C)(C)C)c2)n1.[2H]c1cc2cc(C(C)C)ccc2c(-c2[c-]c(C)cc(C)c2)n1.[Ir].